The van der Waals surface area contributed by atoms with E-state index in [2.05, 4.69) is 10.3 Å². The predicted molar refractivity (Wildman–Crippen MR) is 80.6 cm³/mol. The third-order valence-electron chi connectivity index (χ3n) is 3.11. The van der Waals surface area contributed by atoms with Gasteiger partial charge in [0.15, 0.2) is 9.84 Å². The summed E-state index contributed by atoms with van der Waals surface area (Å²) < 4.78 is 22.8. The third-order valence-corrected chi connectivity index (χ3v) is 4.23. The van der Waals surface area contributed by atoms with Crippen LogP contribution in [-0.2, 0) is 9.84 Å². The molecule has 0 saturated heterocycles. The van der Waals surface area contributed by atoms with Gasteiger partial charge in [0.05, 0.1) is 10.9 Å². The van der Waals surface area contributed by atoms with Gasteiger partial charge in [-0.25, -0.2) is 8.42 Å². The molecule has 4 N–H and O–H groups in total. The fraction of sp³-hybridized carbons (Fsp3) is 0.214. The molecule has 1 heterocycles. The van der Waals surface area contributed by atoms with E-state index in [1.165, 1.54) is 12.1 Å². The SMILES string of the molecule is CC(NC(=O)c1cc(N)c[nH]1)c1ccc(S(C)(=O)=O)cc1. The average molecular weight is 307 g/mol. The van der Waals surface area contributed by atoms with Gasteiger partial charge in [0.1, 0.15) is 5.69 Å². The van der Waals surface area contributed by atoms with Crippen LogP contribution in [0.5, 0.6) is 0 Å². The Morgan fingerprint density at radius 1 is 1.29 bits per heavy atom. The van der Waals surface area contributed by atoms with Crippen LogP contribution >= 0.6 is 0 Å². The number of hydrogen-bond donors (Lipinski definition) is 3. The van der Waals surface area contributed by atoms with Crippen LogP contribution in [-0.4, -0.2) is 25.6 Å². The Morgan fingerprint density at radius 2 is 1.90 bits per heavy atom. The molecule has 1 amide bonds. The molecule has 0 radical (unpaired) electrons. The molecule has 6 nitrogen and oxygen atoms in total. The lowest BCUT2D eigenvalue weighted by Gasteiger charge is -2.14. The zero-order valence-corrected chi connectivity index (χ0v) is 12.6. The minimum Gasteiger partial charge on any atom is -0.397 e. The van der Waals surface area contributed by atoms with Crippen molar-refractivity contribution in [2.75, 3.05) is 12.0 Å². The second kappa shape index (κ2) is 5.61. The second-order valence-electron chi connectivity index (χ2n) is 4.88. The van der Waals surface area contributed by atoms with Gasteiger partial charge in [-0.1, -0.05) is 12.1 Å². The molecule has 0 bridgehead atoms. The highest BCUT2D eigenvalue weighted by Crippen LogP contribution is 2.17. The van der Waals surface area contributed by atoms with E-state index in [0.717, 1.165) is 11.8 Å². The number of anilines is 1. The minimum absolute atomic E-state index is 0.252. The highest BCUT2D eigenvalue weighted by atomic mass is 32.2. The molecule has 0 aliphatic carbocycles. The molecule has 7 heteroatoms. The standard InChI is InChI=1S/C14H17N3O3S/c1-9(17-14(18)13-7-11(15)8-16-13)10-3-5-12(6-4-10)21(2,19)20/h3-9,16H,15H2,1-2H3,(H,17,18). The van der Waals surface area contributed by atoms with Crippen molar-refractivity contribution in [1.82, 2.24) is 10.3 Å². The van der Waals surface area contributed by atoms with Gasteiger partial charge in [-0.2, -0.15) is 0 Å². The lowest BCUT2D eigenvalue weighted by atomic mass is 10.1. The number of amides is 1. The van der Waals surface area contributed by atoms with Crippen molar-refractivity contribution >= 4 is 21.4 Å². The maximum absolute atomic E-state index is 12.0. The van der Waals surface area contributed by atoms with Gasteiger partial charge in [-0.3, -0.25) is 4.79 Å². The van der Waals surface area contributed by atoms with E-state index in [1.807, 2.05) is 6.92 Å². The molecule has 0 spiro atoms. The predicted octanol–water partition coefficient (Wildman–Crippen LogP) is 1.49. The summed E-state index contributed by atoms with van der Waals surface area (Å²) in [4.78, 5) is 15.0. The Kier molecular flexibility index (Phi) is 4.04. The van der Waals surface area contributed by atoms with Crippen molar-refractivity contribution in [1.29, 1.82) is 0 Å². The van der Waals surface area contributed by atoms with Crippen LogP contribution in [0.1, 0.15) is 29.0 Å². The first-order chi connectivity index (χ1) is 9.77. The second-order valence-corrected chi connectivity index (χ2v) is 6.90. The Balaban J connectivity index is 2.10. The Labute approximate surface area is 123 Å². The number of H-pyrrole nitrogens is 1. The molecule has 2 aromatic rings. The van der Waals surface area contributed by atoms with Crippen molar-refractivity contribution in [2.45, 2.75) is 17.9 Å². The molecule has 21 heavy (non-hydrogen) atoms. The van der Waals surface area contributed by atoms with E-state index >= 15 is 0 Å². The van der Waals surface area contributed by atoms with Crippen molar-refractivity contribution in [3.8, 4) is 0 Å². The number of sulfone groups is 1. The topological polar surface area (TPSA) is 105 Å². The smallest absolute Gasteiger partial charge is 0.268 e. The number of nitrogen functional groups attached to an aromatic ring is 1. The van der Waals surface area contributed by atoms with Crippen LogP contribution in [0.25, 0.3) is 0 Å². The quantitative estimate of drug-likeness (QED) is 0.795. The third kappa shape index (κ3) is 3.63. The van der Waals surface area contributed by atoms with Crippen molar-refractivity contribution in [3.63, 3.8) is 0 Å². The van der Waals surface area contributed by atoms with Crippen molar-refractivity contribution < 1.29 is 13.2 Å². The van der Waals surface area contributed by atoms with E-state index in [-0.39, 0.29) is 16.8 Å². The van der Waals surface area contributed by atoms with Gasteiger partial charge in [-0.05, 0) is 30.7 Å². The number of aromatic nitrogens is 1. The zero-order valence-electron chi connectivity index (χ0n) is 11.8. The van der Waals surface area contributed by atoms with E-state index in [4.69, 9.17) is 5.73 Å². The van der Waals surface area contributed by atoms with Gasteiger partial charge in [0, 0.05) is 18.1 Å². The van der Waals surface area contributed by atoms with Crippen LogP contribution < -0.4 is 11.1 Å². The summed E-state index contributed by atoms with van der Waals surface area (Å²) in [6.45, 7) is 1.82. The first kappa shape index (κ1) is 15.1. The van der Waals surface area contributed by atoms with Crippen LogP contribution in [0.4, 0.5) is 5.69 Å². The molecule has 2 rings (SSSR count). The van der Waals surface area contributed by atoms with Gasteiger partial charge < -0.3 is 16.0 Å². The highest BCUT2D eigenvalue weighted by molar-refractivity contribution is 7.90. The van der Waals surface area contributed by atoms with Gasteiger partial charge >= 0.3 is 0 Å². The van der Waals surface area contributed by atoms with Crippen LogP contribution in [0.3, 0.4) is 0 Å². The molecule has 1 atom stereocenters. The minimum atomic E-state index is -3.21. The van der Waals surface area contributed by atoms with Gasteiger partial charge in [0.2, 0.25) is 0 Å². The lowest BCUT2D eigenvalue weighted by Crippen LogP contribution is -2.26. The van der Waals surface area contributed by atoms with E-state index in [9.17, 15) is 13.2 Å². The van der Waals surface area contributed by atoms with E-state index in [0.29, 0.717) is 11.4 Å². The molecule has 0 saturated carbocycles. The molecule has 1 aromatic heterocycles. The van der Waals surface area contributed by atoms with Crippen LogP contribution in [0.15, 0.2) is 41.4 Å². The largest absolute Gasteiger partial charge is 0.397 e. The lowest BCUT2D eigenvalue weighted by molar-refractivity contribution is 0.0935. The average Bonchev–Trinajstić information content (AvgIpc) is 2.84. The summed E-state index contributed by atoms with van der Waals surface area (Å²) in [7, 11) is -3.21. The Bertz CT molecular complexity index is 748. The summed E-state index contributed by atoms with van der Waals surface area (Å²) in [5, 5.41) is 2.81. The van der Waals surface area contributed by atoms with E-state index in [1.54, 1.807) is 24.4 Å². The number of rotatable bonds is 4. The first-order valence-electron chi connectivity index (χ1n) is 6.32. The highest BCUT2D eigenvalue weighted by Gasteiger charge is 2.14. The van der Waals surface area contributed by atoms with Gasteiger partial charge in [0.25, 0.3) is 5.91 Å². The summed E-state index contributed by atoms with van der Waals surface area (Å²) in [5.74, 6) is -0.272. The molecule has 0 aliphatic rings. The fourth-order valence-corrected chi connectivity index (χ4v) is 2.53. The fourth-order valence-electron chi connectivity index (χ4n) is 1.90. The zero-order chi connectivity index (χ0) is 15.6. The maximum atomic E-state index is 12.0. The molecule has 112 valence electrons. The van der Waals surface area contributed by atoms with Gasteiger partial charge in [-0.15, -0.1) is 0 Å². The van der Waals surface area contributed by atoms with Crippen LogP contribution in [0, 0.1) is 0 Å². The first-order valence-corrected chi connectivity index (χ1v) is 8.21. The molecule has 0 fully saturated rings. The summed E-state index contributed by atoms with van der Waals surface area (Å²) in [5.41, 5.74) is 7.24. The Morgan fingerprint density at radius 3 is 2.38 bits per heavy atom. The number of hydrogen-bond acceptors (Lipinski definition) is 4. The summed E-state index contributed by atoms with van der Waals surface area (Å²) in [6.07, 6.45) is 2.70. The monoisotopic (exact) mass is 307 g/mol. The van der Waals surface area contributed by atoms with Crippen molar-refractivity contribution in [2.24, 2.45) is 0 Å². The number of carbonyl (C=O) groups is 1. The Hall–Kier alpha value is -2.28. The normalized spacial score (nSPS) is 12.9. The number of carbonyl (C=O) groups excluding carboxylic acids is 1. The molecular weight excluding hydrogens is 290 g/mol. The van der Waals surface area contributed by atoms with Crippen LogP contribution in [0.2, 0.25) is 0 Å². The molecule has 0 aliphatic heterocycles. The summed E-state index contributed by atoms with van der Waals surface area (Å²) in [6, 6.07) is 7.72. The maximum Gasteiger partial charge on any atom is 0.268 e. The van der Waals surface area contributed by atoms with E-state index < -0.39 is 9.84 Å². The molecule has 1 unspecified atom stereocenters. The number of nitrogens with two attached hydrogens (primary N) is 1. The number of nitrogens with one attached hydrogen (secondary N) is 2. The number of aromatic amines is 1. The summed E-state index contributed by atoms with van der Waals surface area (Å²) >= 11 is 0. The van der Waals surface area contributed by atoms with Crippen molar-refractivity contribution in [3.05, 3.63) is 47.8 Å². The molecule has 1 aromatic carbocycles. The molecular formula is C14H17N3O3S. The number of benzene rings is 1.